The molecule has 0 atom stereocenters. The minimum atomic E-state index is -0.810. The highest BCUT2D eigenvalue weighted by Gasteiger charge is 2.32. The average Bonchev–Trinajstić information content (AvgIpc) is 3.47. The quantitative estimate of drug-likeness (QED) is 0.500. The van der Waals surface area contributed by atoms with Crippen molar-refractivity contribution in [1.29, 1.82) is 0 Å². The van der Waals surface area contributed by atoms with Crippen molar-refractivity contribution in [1.82, 2.24) is 0 Å². The third kappa shape index (κ3) is 4.85. The molecule has 0 aliphatic heterocycles. The number of hydrogen-bond acceptors (Lipinski definition) is 6. The summed E-state index contributed by atoms with van der Waals surface area (Å²) in [6, 6.07) is 9.62. The molecule has 0 bridgehead atoms. The van der Waals surface area contributed by atoms with Gasteiger partial charge in [-0.2, -0.15) is 0 Å². The van der Waals surface area contributed by atoms with E-state index in [0.29, 0.717) is 23.7 Å². The van der Waals surface area contributed by atoms with E-state index in [1.54, 1.807) is 14.2 Å². The standard InChI is InChI=1S/C27H32O6/c1-27(2,33-26(29)17-7-5-6-8-17)16-32-24-21(12-14-23(30-3)25(24)31-4)19-9-11-20-18(15-19)10-13-22(20)28/h9,11-12,14-15,17H,5-8,10,13,16H2,1-4H3. The van der Waals surface area contributed by atoms with Crippen LogP contribution in [0.15, 0.2) is 30.3 Å². The number of benzene rings is 2. The summed E-state index contributed by atoms with van der Waals surface area (Å²) < 4.78 is 23.2. The van der Waals surface area contributed by atoms with Crippen LogP contribution in [0.1, 0.15) is 61.9 Å². The van der Waals surface area contributed by atoms with Crippen LogP contribution in [0.4, 0.5) is 0 Å². The number of fused-ring (bicyclic) bond motifs is 1. The van der Waals surface area contributed by atoms with Crippen molar-refractivity contribution in [2.24, 2.45) is 5.92 Å². The molecule has 33 heavy (non-hydrogen) atoms. The number of rotatable bonds is 8. The van der Waals surface area contributed by atoms with E-state index in [2.05, 4.69) is 0 Å². The molecule has 0 saturated heterocycles. The molecule has 2 aromatic rings. The van der Waals surface area contributed by atoms with Gasteiger partial charge in [-0.3, -0.25) is 9.59 Å². The predicted molar refractivity (Wildman–Crippen MR) is 125 cm³/mol. The van der Waals surface area contributed by atoms with E-state index in [1.165, 1.54) is 0 Å². The van der Waals surface area contributed by atoms with Crippen LogP contribution in [0.2, 0.25) is 0 Å². The number of Topliss-reactive ketones (excluding diaryl/α,β-unsaturated/α-hetero) is 1. The zero-order valence-corrected chi connectivity index (χ0v) is 19.9. The van der Waals surface area contributed by atoms with Gasteiger partial charge in [-0.05, 0) is 56.4 Å². The van der Waals surface area contributed by atoms with Crippen molar-refractivity contribution in [3.8, 4) is 28.4 Å². The highest BCUT2D eigenvalue weighted by molar-refractivity contribution is 6.01. The van der Waals surface area contributed by atoms with Crippen molar-refractivity contribution in [2.45, 2.75) is 58.0 Å². The maximum Gasteiger partial charge on any atom is 0.309 e. The first kappa shape index (κ1) is 23.1. The fourth-order valence-corrected chi connectivity index (χ4v) is 4.68. The van der Waals surface area contributed by atoms with Gasteiger partial charge in [-0.25, -0.2) is 0 Å². The lowest BCUT2D eigenvalue weighted by atomic mass is 9.99. The molecule has 6 nitrogen and oxygen atoms in total. The van der Waals surface area contributed by atoms with Crippen LogP contribution >= 0.6 is 0 Å². The number of esters is 1. The van der Waals surface area contributed by atoms with Gasteiger partial charge < -0.3 is 18.9 Å². The van der Waals surface area contributed by atoms with Gasteiger partial charge in [0.05, 0.1) is 20.1 Å². The maximum absolute atomic E-state index is 12.6. The van der Waals surface area contributed by atoms with Crippen molar-refractivity contribution in [3.05, 3.63) is 41.5 Å². The molecule has 2 aromatic carbocycles. The Balaban J connectivity index is 1.62. The van der Waals surface area contributed by atoms with Crippen molar-refractivity contribution in [3.63, 3.8) is 0 Å². The summed E-state index contributed by atoms with van der Waals surface area (Å²) >= 11 is 0. The number of methoxy groups -OCH3 is 2. The molecular weight excluding hydrogens is 420 g/mol. The molecule has 0 amide bonds. The van der Waals surface area contributed by atoms with E-state index >= 15 is 0 Å². The largest absolute Gasteiger partial charge is 0.493 e. The van der Waals surface area contributed by atoms with Gasteiger partial charge in [0.1, 0.15) is 12.2 Å². The SMILES string of the molecule is COc1ccc(-c2ccc3c(c2)CCC3=O)c(OCC(C)(C)OC(=O)C2CCCC2)c1OC. The summed E-state index contributed by atoms with van der Waals surface area (Å²) in [6.45, 7) is 3.87. The molecule has 6 heteroatoms. The number of hydrogen-bond donors (Lipinski definition) is 0. The number of aryl methyl sites for hydroxylation is 1. The predicted octanol–water partition coefficient (Wildman–Crippen LogP) is 5.39. The molecule has 2 aliphatic carbocycles. The monoisotopic (exact) mass is 452 g/mol. The maximum atomic E-state index is 12.6. The lowest BCUT2D eigenvalue weighted by Gasteiger charge is -2.28. The highest BCUT2D eigenvalue weighted by atomic mass is 16.6. The molecule has 0 spiro atoms. The summed E-state index contributed by atoms with van der Waals surface area (Å²) in [5, 5.41) is 0. The van der Waals surface area contributed by atoms with E-state index in [9.17, 15) is 9.59 Å². The van der Waals surface area contributed by atoms with E-state index in [4.69, 9.17) is 18.9 Å². The highest BCUT2D eigenvalue weighted by Crippen LogP contribution is 2.45. The topological polar surface area (TPSA) is 71.1 Å². The van der Waals surface area contributed by atoms with Gasteiger partial charge in [-0.15, -0.1) is 0 Å². The Labute approximate surface area is 195 Å². The van der Waals surface area contributed by atoms with E-state index in [-0.39, 0.29) is 24.3 Å². The van der Waals surface area contributed by atoms with Crippen LogP contribution in [0.25, 0.3) is 11.1 Å². The molecule has 0 unspecified atom stereocenters. The van der Waals surface area contributed by atoms with Gasteiger partial charge in [0.2, 0.25) is 5.75 Å². The average molecular weight is 453 g/mol. The molecule has 1 saturated carbocycles. The fourth-order valence-electron chi connectivity index (χ4n) is 4.68. The lowest BCUT2D eigenvalue weighted by Crippen LogP contribution is -2.36. The second-order valence-electron chi connectivity index (χ2n) is 9.42. The van der Waals surface area contributed by atoms with Crippen molar-refractivity contribution >= 4 is 11.8 Å². The van der Waals surface area contributed by atoms with Crippen LogP contribution in [0.5, 0.6) is 17.2 Å². The normalized spacial score (nSPS) is 15.9. The molecule has 1 fully saturated rings. The number of carbonyl (C=O) groups excluding carboxylic acids is 2. The number of ketones is 1. The second kappa shape index (κ2) is 9.46. The molecule has 176 valence electrons. The van der Waals surface area contributed by atoms with Crippen LogP contribution in [0.3, 0.4) is 0 Å². The molecule has 4 rings (SSSR count). The first-order chi connectivity index (χ1) is 15.8. The van der Waals surface area contributed by atoms with E-state index < -0.39 is 5.60 Å². The van der Waals surface area contributed by atoms with Gasteiger partial charge in [0.25, 0.3) is 0 Å². The van der Waals surface area contributed by atoms with Crippen LogP contribution in [0, 0.1) is 5.92 Å². The first-order valence-electron chi connectivity index (χ1n) is 11.6. The minimum Gasteiger partial charge on any atom is -0.493 e. The smallest absolute Gasteiger partial charge is 0.309 e. The van der Waals surface area contributed by atoms with Gasteiger partial charge in [0, 0.05) is 17.5 Å². The van der Waals surface area contributed by atoms with Crippen LogP contribution in [-0.4, -0.2) is 38.2 Å². The number of ether oxygens (including phenoxy) is 4. The summed E-state index contributed by atoms with van der Waals surface area (Å²) in [4.78, 5) is 24.6. The fraction of sp³-hybridized carbons (Fsp3) is 0.481. The minimum absolute atomic E-state index is 0.0136. The Morgan fingerprint density at radius 1 is 0.970 bits per heavy atom. The van der Waals surface area contributed by atoms with Gasteiger partial charge in [0.15, 0.2) is 17.3 Å². The zero-order valence-electron chi connectivity index (χ0n) is 19.9. The molecule has 0 aromatic heterocycles. The van der Waals surface area contributed by atoms with Crippen LogP contribution < -0.4 is 14.2 Å². The van der Waals surface area contributed by atoms with E-state index in [0.717, 1.165) is 54.4 Å². The van der Waals surface area contributed by atoms with E-state index in [1.807, 2.05) is 44.2 Å². The van der Waals surface area contributed by atoms with Crippen molar-refractivity contribution < 1.29 is 28.5 Å². The van der Waals surface area contributed by atoms with Gasteiger partial charge in [-0.1, -0.05) is 31.0 Å². The third-order valence-corrected chi connectivity index (χ3v) is 6.47. The zero-order chi connectivity index (χ0) is 23.6. The summed E-state index contributed by atoms with van der Waals surface area (Å²) in [7, 11) is 3.15. The van der Waals surface area contributed by atoms with Gasteiger partial charge >= 0.3 is 5.97 Å². The molecule has 0 radical (unpaired) electrons. The molecule has 0 heterocycles. The lowest BCUT2D eigenvalue weighted by molar-refractivity contribution is -0.164. The molecular formula is C27H32O6. The Kier molecular flexibility index (Phi) is 6.63. The number of carbonyl (C=O) groups is 2. The summed E-state index contributed by atoms with van der Waals surface area (Å²) in [6.07, 6.45) is 5.24. The Morgan fingerprint density at radius 3 is 2.39 bits per heavy atom. The Morgan fingerprint density at radius 2 is 1.70 bits per heavy atom. The Hall–Kier alpha value is -3.02. The Bertz CT molecular complexity index is 1050. The first-order valence-corrected chi connectivity index (χ1v) is 11.6. The summed E-state index contributed by atoms with van der Waals surface area (Å²) in [5.74, 6) is 1.57. The summed E-state index contributed by atoms with van der Waals surface area (Å²) in [5.41, 5.74) is 2.79. The molecule has 2 aliphatic rings. The second-order valence-corrected chi connectivity index (χ2v) is 9.42. The molecule has 0 N–H and O–H groups in total. The third-order valence-electron chi connectivity index (χ3n) is 6.47. The van der Waals surface area contributed by atoms with Crippen LogP contribution in [-0.2, 0) is 16.0 Å². The van der Waals surface area contributed by atoms with Crippen molar-refractivity contribution in [2.75, 3.05) is 20.8 Å².